The minimum Gasteiger partial charge on any atom is -0.478 e. The van der Waals surface area contributed by atoms with E-state index in [1.165, 1.54) is 12.3 Å². The Labute approximate surface area is 104 Å². The Morgan fingerprint density at radius 2 is 2.39 bits per heavy atom. The lowest BCUT2D eigenvalue weighted by molar-refractivity contribution is 0.0696. The van der Waals surface area contributed by atoms with Gasteiger partial charge in [0.25, 0.3) is 0 Å². The van der Waals surface area contributed by atoms with Gasteiger partial charge in [0.15, 0.2) is 5.82 Å². The molecular weight excluding hydrogens is 234 g/mol. The summed E-state index contributed by atoms with van der Waals surface area (Å²) in [5.74, 6) is -0.501. The zero-order valence-corrected chi connectivity index (χ0v) is 9.83. The summed E-state index contributed by atoms with van der Waals surface area (Å²) in [5, 5.41) is 8.82. The number of nitrogens with zero attached hydrogens (tertiary/aromatic N) is 2. The van der Waals surface area contributed by atoms with Crippen LogP contribution in [0.4, 0.5) is 11.5 Å². The molecule has 0 spiro atoms. The Morgan fingerprint density at radius 1 is 1.61 bits per heavy atom. The van der Waals surface area contributed by atoms with E-state index in [-0.39, 0.29) is 5.56 Å². The van der Waals surface area contributed by atoms with Gasteiger partial charge >= 0.3 is 5.97 Å². The zero-order chi connectivity index (χ0) is 13.1. The monoisotopic (exact) mass is 247 g/mol. The molecule has 0 bridgehead atoms. The van der Waals surface area contributed by atoms with Gasteiger partial charge in [-0.1, -0.05) is 0 Å². The normalized spacial score (nSPS) is 10.3. The van der Waals surface area contributed by atoms with Crippen LogP contribution >= 0.6 is 0 Å². The highest BCUT2D eigenvalue weighted by Gasteiger charge is 2.11. The predicted octanol–water partition coefficient (Wildman–Crippen LogP) is 1.59. The molecule has 94 valence electrons. The van der Waals surface area contributed by atoms with Crippen molar-refractivity contribution in [2.24, 2.45) is 0 Å². The first-order valence-corrected chi connectivity index (χ1v) is 5.29. The van der Waals surface area contributed by atoms with Gasteiger partial charge in [0.1, 0.15) is 0 Å². The molecule has 0 amide bonds. The van der Waals surface area contributed by atoms with E-state index in [0.717, 1.165) is 5.56 Å². The SMILES string of the molecule is CN(Cc1ccoc1)c1ncc(C(=O)O)cc1N. The average molecular weight is 247 g/mol. The van der Waals surface area contributed by atoms with E-state index in [1.54, 1.807) is 12.5 Å². The van der Waals surface area contributed by atoms with Crippen LogP contribution in [-0.4, -0.2) is 23.1 Å². The van der Waals surface area contributed by atoms with E-state index in [0.29, 0.717) is 18.1 Å². The molecule has 2 aromatic heterocycles. The summed E-state index contributed by atoms with van der Waals surface area (Å²) >= 11 is 0. The largest absolute Gasteiger partial charge is 0.478 e. The van der Waals surface area contributed by atoms with Crippen LogP contribution in [0, 0.1) is 0 Å². The van der Waals surface area contributed by atoms with Gasteiger partial charge in [0, 0.05) is 25.4 Å². The summed E-state index contributed by atoms with van der Waals surface area (Å²) in [7, 11) is 1.83. The summed E-state index contributed by atoms with van der Waals surface area (Å²) in [4.78, 5) is 16.7. The molecule has 2 aromatic rings. The number of rotatable bonds is 4. The third-order valence-corrected chi connectivity index (χ3v) is 2.50. The number of nitrogen functional groups attached to an aromatic ring is 1. The Kier molecular flexibility index (Phi) is 3.18. The average Bonchev–Trinajstić information content (AvgIpc) is 2.81. The molecule has 0 radical (unpaired) electrons. The number of hydrogen-bond donors (Lipinski definition) is 2. The predicted molar refractivity (Wildman–Crippen MR) is 66.4 cm³/mol. The molecule has 6 heteroatoms. The fourth-order valence-electron chi connectivity index (χ4n) is 1.64. The Hall–Kier alpha value is -2.50. The third-order valence-electron chi connectivity index (χ3n) is 2.50. The first-order chi connectivity index (χ1) is 8.58. The van der Waals surface area contributed by atoms with Crippen molar-refractivity contribution in [3.8, 4) is 0 Å². The van der Waals surface area contributed by atoms with Crippen LogP contribution < -0.4 is 10.6 Å². The van der Waals surface area contributed by atoms with Gasteiger partial charge in [-0.25, -0.2) is 9.78 Å². The standard InChI is InChI=1S/C12H13N3O3/c1-15(6-8-2-3-18-7-8)11-10(13)4-9(5-14-11)12(16)17/h2-5,7H,6,13H2,1H3,(H,16,17). The third kappa shape index (κ3) is 2.42. The zero-order valence-electron chi connectivity index (χ0n) is 9.83. The molecule has 0 saturated heterocycles. The van der Waals surface area contributed by atoms with Crippen LogP contribution in [0.2, 0.25) is 0 Å². The van der Waals surface area contributed by atoms with Gasteiger partial charge < -0.3 is 20.2 Å². The number of furan rings is 1. The van der Waals surface area contributed by atoms with E-state index in [4.69, 9.17) is 15.3 Å². The quantitative estimate of drug-likeness (QED) is 0.852. The molecule has 3 N–H and O–H groups in total. The number of aromatic nitrogens is 1. The summed E-state index contributed by atoms with van der Waals surface area (Å²) in [5.41, 5.74) is 7.20. The van der Waals surface area contributed by atoms with E-state index < -0.39 is 5.97 Å². The minimum atomic E-state index is -1.04. The fraction of sp³-hybridized carbons (Fsp3) is 0.167. The molecule has 0 unspecified atom stereocenters. The maximum Gasteiger partial charge on any atom is 0.337 e. The fourth-order valence-corrected chi connectivity index (χ4v) is 1.64. The number of hydrogen-bond acceptors (Lipinski definition) is 5. The van der Waals surface area contributed by atoms with E-state index >= 15 is 0 Å². The first-order valence-electron chi connectivity index (χ1n) is 5.29. The van der Waals surface area contributed by atoms with Crippen LogP contribution in [0.15, 0.2) is 35.3 Å². The van der Waals surface area contributed by atoms with Crippen molar-refractivity contribution >= 4 is 17.5 Å². The van der Waals surface area contributed by atoms with Crippen molar-refractivity contribution in [1.82, 2.24) is 4.98 Å². The van der Waals surface area contributed by atoms with Gasteiger partial charge in [-0.3, -0.25) is 0 Å². The molecule has 0 aliphatic heterocycles. The maximum absolute atomic E-state index is 10.8. The van der Waals surface area contributed by atoms with Crippen molar-refractivity contribution in [2.45, 2.75) is 6.54 Å². The van der Waals surface area contributed by atoms with Crippen molar-refractivity contribution in [3.05, 3.63) is 42.0 Å². The smallest absolute Gasteiger partial charge is 0.337 e. The number of nitrogens with two attached hydrogens (primary N) is 1. The van der Waals surface area contributed by atoms with Crippen LogP contribution in [0.25, 0.3) is 0 Å². The molecular formula is C12H13N3O3. The molecule has 0 atom stereocenters. The molecule has 0 aliphatic rings. The Balaban J connectivity index is 2.20. The highest BCUT2D eigenvalue weighted by atomic mass is 16.4. The number of aromatic carboxylic acids is 1. The maximum atomic E-state index is 10.8. The van der Waals surface area contributed by atoms with Crippen LogP contribution in [0.3, 0.4) is 0 Å². The van der Waals surface area contributed by atoms with Crippen LogP contribution in [-0.2, 0) is 6.54 Å². The molecule has 0 fully saturated rings. The van der Waals surface area contributed by atoms with E-state index in [1.807, 2.05) is 18.0 Å². The highest BCUT2D eigenvalue weighted by Crippen LogP contribution is 2.21. The van der Waals surface area contributed by atoms with Crippen molar-refractivity contribution < 1.29 is 14.3 Å². The molecule has 2 heterocycles. The summed E-state index contributed by atoms with van der Waals surface area (Å²) < 4.78 is 4.98. The van der Waals surface area contributed by atoms with Crippen LogP contribution in [0.1, 0.15) is 15.9 Å². The highest BCUT2D eigenvalue weighted by molar-refractivity contribution is 5.89. The van der Waals surface area contributed by atoms with Gasteiger partial charge in [0.2, 0.25) is 0 Å². The van der Waals surface area contributed by atoms with Gasteiger partial charge in [-0.05, 0) is 12.1 Å². The molecule has 6 nitrogen and oxygen atoms in total. The number of carbonyl (C=O) groups is 1. The molecule has 2 rings (SSSR count). The molecule has 0 saturated carbocycles. The first kappa shape index (κ1) is 12.0. The van der Waals surface area contributed by atoms with E-state index in [9.17, 15) is 4.79 Å². The lowest BCUT2D eigenvalue weighted by atomic mass is 10.2. The lowest BCUT2D eigenvalue weighted by Crippen LogP contribution is -2.19. The second-order valence-electron chi connectivity index (χ2n) is 3.93. The second kappa shape index (κ2) is 4.79. The number of anilines is 2. The molecule has 18 heavy (non-hydrogen) atoms. The summed E-state index contributed by atoms with van der Waals surface area (Å²) in [6.07, 6.45) is 4.52. The van der Waals surface area contributed by atoms with Gasteiger partial charge in [0.05, 0.1) is 23.8 Å². The van der Waals surface area contributed by atoms with Crippen molar-refractivity contribution in [2.75, 3.05) is 17.7 Å². The van der Waals surface area contributed by atoms with Crippen molar-refractivity contribution in [1.29, 1.82) is 0 Å². The Morgan fingerprint density at radius 3 is 2.94 bits per heavy atom. The van der Waals surface area contributed by atoms with Crippen molar-refractivity contribution in [3.63, 3.8) is 0 Å². The topological polar surface area (TPSA) is 92.6 Å². The Bertz CT molecular complexity index is 552. The lowest BCUT2D eigenvalue weighted by Gasteiger charge is -2.19. The number of carboxylic acid groups (broad SMARTS) is 1. The molecule has 0 aromatic carbocycles. The minimum absolute atomic E-state index is 0.0768. The number of pyridine rings is 1. The summed E-state index contributed by atoms with van der Waals surface area (Å²) in [6, 6.07) is 3.24. The summed E-state index contributed by atoms with van der Waals surface area (Å²) in [6.45, 7) is 0.583. The second-order valence-corrected chi connectivity index (χ2v) is 3.93. The molecule has 0 aliphatic carbocycles. The van der Waals surface area contributed by atoms with Gasteiger partial charge in [-0.2, -0.15) is 0 Å². The van der Waals surface area contributed by atoms with Crippen LogP contribution in [0.5, 0.6) is 0 Å². The van der Waals surface area contributed by atoms with Gasteiger partial charge in [-0.15, -0.1) is 0 Å². The number of carboxylic acids is 1. The van der Waals surface area contributed by atoms with E-state index in [2.05, 4.69) is 4.98 Å².